The molecule has 2 amide bonds. The number of pyridine rings is 1. The van der Waals surface area contributed by atoms with Crippen molar-refractivity contribution in [2.24, 2.45) is 5.10 Å². The molecule has 0 radical (unpaired) electrons. The van der Waals surface area contributed by atoms with E-state index in [2.05, 4.69) is 40.8 Å². The highest BCUT2D eigenvalue weighted by molar-refractivity contribution is 6.37. The maximum absolute atomic E-state index is 12.3. The second kappa shape index (κ2) is 7.95. The van der Waals surface area contributed by atoms with Gasteiger partial charge in [0.25, 0.3) is 0 Å². The Morgan fingerprint density at radius 1 is 1.26 bits per heavy atom. The van der Waals surface area contributed by atoms with E-state index in [4.69, 9.17) is 33.2 Å². The lowest BCUT2D eigenvalue weighted by atomic mass is 10.1. The first-order valence-electron chi connectivity index (χ1n) is 9.22. The minimum atomic E-state index is -0.592. The highest BCUT2D eigenvalue weighted by Crippen LogP contribution is 2.40. The highest BCUT2D eigenvalue weighted by atomic mass is 35.5. The lowest BCUT2D eigenvalue weighted by molar-refractivity contribution is 0.248. The maximum atomic E-state index is 12.3. The number of benzene rings is 1. The smallest absolute Gasteiger partial charge is 0.347 e. The number of aromatic nitrogens is 2. The van der Waals surface area contributed by atoms with E-state index in [1.54, 1.807) is 6.07 Å². The first-order valence-corrected chi connectivity index (χ1v) is 9.98. The Morgan fingerprint density at radius 2 is 1.97 bits per heavy atom. The number of rotatable bonds is 4. The minimum absolute atomic E-state index is 0.0304. The van der Waals surface area contributed by atoms with Crippen molar-refractivity contribution in [3.63, 3.8) is 0 Å². The standard InChI is InChI=1S/C21H16Cl2N6O2/c1-10(2)13-9-25-16-4-5-18(27-19(13)16)31-20-14(22)6-12(7-15(20)23)29-21(30)26-11(3)17(8-24)28-29/h4-7,9-10,25H,3H2,1-2H3,(H,26,30). The molecule has 0 atom stereocenters. The normalized spacial score (nSPS) is 13.9. The summed E-state index contributed by atoms with van der Waals surface area (Å²) >= 11 is 12.8. The minimum Gasteiger partial charge on any atom is -0.436 e. The van der Waals surface area contributed by atoms with Crippen LogP contribution < -0.4 is 15.1 Å². The summed E-state index contributed by atoms with van der Waals surface area (Å²) in [5, 5.41) is 16.9. The van der Waals surface area contributed by atoms with E-state index in [9.17, 15) is 4.79 Å². The number of fused-ring (bicyclic) bond motifs is 1. The van der Waals surface area contributed by atoms with Crippen LogP contribution in [-0.4, -0.2) is 21.7 Å². The van der Waals surface area contributed by atoms with Gasteiger partial charge in [-0.1, -0.05) is 43.6 Å². The number of ether oxygens (including phenoxy) is 1. The second-order valence-electron chi connectivity index (χ2n) is 7.07. The van der Waals surface area contributed by atoms with Gasteiger partial charge in [-0.2, -0.15) is 15.4 Å². The molecule has 0 bridgehead atoms. The van der Waals surface area contributed by atoms with Crippen LogP contribution in [0.3, 0.4) is 0 Å². The van der Waals surface area contributed by atoms with Gasteiger partial charge in [-0.25, -0.2) is 9.78 Å². The molecule has 1 aliphatic heterocycles. The molecule has 2 N–H and O–H groups in total. The maximum Gasteiger partial charge on any atom is 0.347 e. The summed E-state index contributed by atoms with van der Waals surface area (Å²) in [6.45, 7) is 7.74. The molecule has 10 heteroatoms. The predicted octanol–water partition coefficient (Wildman–Crippen LogP) is 5.71. The molecule has 0 spiro atoms. The Labute approximate surface area is 187 Å². The molecule has 1 aliphatic rings. The molecule has 0 saturated heterocycles. The Hall–Kier alpha value is -3.54. The fourth-order valence-corrected chi connectivity index (χ4v) is 3.63. The van der Waals surface area contributed by atoms with Gasteiger partial charge in [0.2, 0.25) is 5.88 Å². The molecule has 31 heavy (non-hydrogen) atoms. The van der Waals surface area contributed by atoms with Crippen LogP contribution in [0.25, 0.3) is 11.0 Å². The number of hydrazone groups is 1. The Morgan fingerprint density at radius 3 is 2.61 bits per heavy atom. The average Bonchev–Trinajstić information content (AvgIpc) is 3.14. The SMILES string of the molecule is C=C1NC(=O)N(c2cc(Cl)c(Oc3ccc4[nH]cc(C(C)C)c4n3)c(Cl)c2)N=C1C#N. The lowest BCUT2D eigenvalue weighted by Crippen LogP contribution is -2.42. The zero-order chi connectivity index (χ0) is 22.3. The van der Waals surface area contributed by atoms with Crippen LogP contribution in [0.2, 0.25) is 10.0 Å². The van der Waals surface area contributed by atoms with Gasteiger partial charge < -0.3 is 15.0 Å². The van der Waals surface area contributed by atoms with Crippen LogP contribution in [-0.2, 0) is 0 Å². The summed E-state index contributed by atoms with van der Waals surface area (Å²) < 4.78 is 5.87. The van der Waals surface area contributed by atoms with Crippen LogP contribution >= 0.6 is 23.2 Å². The summed E-state index contributed by atoms with van der Waals surface area (Å²) in [5.41, 5.74) is 3.12. The monoisotopic (exact) mass is 454 g/mol. The molecule has 8 nitrogen and oxygen atoms in total. The van der Waals surface area contributed by atoms with Crippen molar-refractivity contribution in [2.45, 2.75) is 19.8 Å². The van der Waals surface area contributed by atoms with Crippen LogP contribution in [0.15, 0.2) is 47.8 Å². The van der Waals surface area contributed by atoms with E-state index in [0.29, 0.717) is 5.88 Å². The second-order valence-corrected chi connectivity index (χ2v) is 7.88. The van der Waals surface area contributed by atoms with Gasteiger partial charge in [0, 0.05) is 12.3 Å². The van der Waals surface area contributed by atoms with E-state index < -0.39 is 6.03 Å². The molecule has 0 aliphatic carbocycles. The van der Waals surface area contributed by atoms with Crippen molar-refractivity contribution in [2.75, 3.05) is 5.01 Å². The lowest BCUT2D eigenvalue weighted by Gasteiger charge is -2.24. The third-order valence-corrected chi connectivity index (χ3v) is 5.19. The number of anilines is 1. The van der Waals surface area contributed by atoms with Gasteiger partial charge in [-0.05, 0) is 29.7 Å². The molecule has 2 aromatic heterocycles. The summed E-state index contributed by atoms with van der Waals surface area (Å²) in [5.74, 6) is 0.794. The molecule has 0 unspecified atom stereocenters. The van der Waals surface area contributed by atoms with Crippen LogP contribution in [0.4, 0.5) is 10.5 Å². The number of nitrogens with one attached hydrogen (secondary N) is 2. The Bertz CT molecular complexity index is 1280. The molecular weight excluding hydrogens is 439 g/mol. The molecule has 0 saturated carbocycles. The van der Waals surface area contributed by atoms with Gasteiger partial charge in [-0.15, -0.1) is 0 Å². The van der Waals surface area contributed by atoms with Crippen molar-refractivity contribution < 1.29 is 9.53 Å². The van der Waals surface area contributed by atoms with E-state index in [-0.39, 0.29) is 38.8 Å². The fourth-order valence-electron chi connectivity index (χ4n) is 3.08. The molecule has 1 aromatic carbocycles. The van der Waals surface area contributed by atoms with Crippen LogP contribution in [0.5, 0.6) is 11.6 Å². The van der Waals surface area contributed by atoms with Crippen molar-refractivity contribution >= 4 is 51.7 Å². The number of carbonyl (C=O) groups excluding carboxylic acids is 1. The third-order valence-electron chi connectivity index (χ3n) is 4.62. The zero-order valence-corrected chi connectivity index (χ0v) is 18.0. The summed E-state index contributed by atoms with van der Waals surface area (Å²) in [6.07, 6.45) is 1.93. The number of nitrogens with zero attached hydrogens (tertiary/aromatic N) is 4. The number of nitriles is 1. The quantitative estimate of drug-likeness (QED) is 0.526. The van der Waals surface area contributed by atoms with Crippen LogP contribution in [0, 0.1) is 11.3 Å². The third kappa shape index (κ3) is 3.81. The van der Waals surface area contributed by atoms with Gasteiger partial charge in [0.15, 0.2) is 11.5 Å². The zero-order valence-electron chi connectivity index (χ0n) is 16.5. The number of H-pyrrole nitrogens is 1. The van der Waals surface area contributed by atoms with E-state index in [1.807, 2.05) is 18.3 Å². The number of urea groups is 1. The number of carbonyl (C=O) groups is 1. The summed E-state index contributed by atoms with van der Waals surface area (Å²) in [7, 11) is 0. The average molecular weight is 455 g/mol. The number of hydrogen-bond acceptors (Lipinski definition) is 5. The summed E-state index contributed by atoms with van der Waals surface area (Å²) in [6, 6.07) is 7.76. The highest BCUT2D eigenvalue weighted by Gasteiger charge is 2.26. The fraction of sp³-hybridized carbons (Fsp3) is 0.143. The molecule has 3 aromatic rings. The van der Waals surface area contributed by atoms with E-state index >= 15 is 0 Å². The molecule has 0 fully saturated rings. The summed E-state index contributed by atoms with van der Waals surface area (Å²) in [4.78, 5) is 20.0. The van der Waals surface area contributed by atoms with Crippen molar-refractivity contribution in [3.8, 4) is 17.7 Å². The number of allylic oxidation sites excluding steroid dienone is 1. The van der Waals surface area contributed by atoms with Crippen molar-refractivity contribution in [3.05, 3.63) is 58.3 Å². The number of hydrogen-bond donors (Lipinski definition) is 2. The Balaban J connectivity index is 1.69. The topological polar surface area (TPSA) is 106 Å². The van der Waals surface area contributed by atoms with E-state index in [0.717, 1.165) is 21.6 Å². The molecular formula is C21H16Cl2N6O2. The first kappa shape index (κ1) is 20.7. The van der Waals surface area contributed by atoms with Gasteiger partial charge >= 0.3 is 6.03 Å². The van der Waals surface area contributed by atoms with Gasteiger partial charge in [-0.3, -0.25) is 0 Å². The molecule has 3 heterocycles. The van der Waals surface area contributed by atoms with Crippen LogP contribution in [0.1, 0.15) is 25.3 Å². The number of aromatic amines is 1. The first-order chi connectivity index (χ1) is 14.8. The Kier molecular flexibility index (Phi) is 5.31. The molecule has 4 rings (SSSR count). The van der Waals surface area contributed by atoms with Crippen molar-refractivity contribution in [1.82, 2.24) is 15.3 Å². The van der Waals surface area contributed by atoms with Gasteiger partial charge in [0.05, 0.1) is 32.5 Å². The van der Waals surface area contributed by atoms with Gasteiger partial charge in [0.1, 0.15) is 6.07 Å². The number of amides is 2. The predicted molar refractivity (Wildman–Crippen MR) is 120 cm³/mol. The van der Waals surface area contributed by atoms with E-state index in [1.165, 1.54) is 12.1 Å². The van der Waals surface area contributed by atoms with Crippen molar-refractivity contribution in [1.29, 1.82) is 5.26 Å². The molecule has 156 valence electrons. The largest absolute Gasteiger partial charge is 0.436 e. The number of halogens is 2.